The van der Waals surface area contributed by atoms with E-state index in [0.717, 1.165) is 17.1 Å². The molecule has 0 amide bonds. The van der Waals surface area contributed by atoms with Gasteiger partial charge in [-0.25, -0.2) is 0 Å². The number of benzene rings is 1. The summed E-state index contributed by atoms with van der Waals surface area (Å²) in [6.45, 7) is 0.230. The Kier molecular flexibility index (Phi) is 4.52. The summed E-state index contributed by atoms with van der Waals surface area (Å²) >= 11 is 1.65. The highest BCUT2D eigenvalue weighted by Gasteiger charge is 2.23. The van der Waals surface area contributed by atoms with Crippen molar-refractivity contribution in [2.24, 2.45) is 0 Å². The Morgan fingerprint density at radius 3 is 2.68 bits per heavy atom. The summed E-state index contributed by atoms with van der Waals surface area (Å²) < 4.78 is 21.5. The molecule has 0 N–H and O–H groups in total. The van der Waals surface area contributed by atoms with Crippen LogP contribution in [0, 0.1) is 0 Å². The number of ketones is 1. The smallest absolute Gasteiger partial charge is 0.231 e. The minimum Gasteiger partial charge on any atom is -0.468 e. The second kappa shape index (κ2) is 7.11. The molecular formula is C19H16O5S. The van der Waals surface area contributed by atoms with Crippen molar-refractivity contribution in [2.75, 3.05) is 6.79 Å². The van der Waals surface area contributed by atoms with Gasteiger partial charge < -0.3 is 18.3 Å². The Balaban J connectivity index is 1.55. The number of fused-ring (bicyclic) bond motifs is 1. The number of furan rings is 2. The van der Waals surface area contributed by atoms with Crippen molar-refractivity contribution in [3.8, 4) is 11.5 Å². The molecule has 5 nitrogen and oxygen atoms in total. The zero-order chi connectivity index (χ0) is 17.1. The fraction of sp³-hybridized carbons (Fsp3) is 0.211. The van der Waals surface area contributed by atoms with Crippen molar-refractivity contribution in [1.29, 1.82) is 0 Å². The molecule has 0 bridgehead atoms. The first-order valence-electron chi connectivity index (χ1n) is 7.90. The Morgan fingerprint density at radius 1 is 1.04 bits per heavy atom. The molecule has 0 aliphatic carbocycles. The monoisotopic (exact) mass is 356 g/mol. The summed E-state index contributed by atoms with van der Waals surface area (Å²) in [7, 11) is 0. The third-order valence-corrected chi connectivity index (χ3v) is 5.23. The summed E-state index contributed by atoms with van der Waals surface area (Å²) in [5.41, 5.74) is 1.01. The van der Waals surface area contributed by atoms with E-state index in [1.807, 2.05) is 30.3 Å². The lowest BCUT2D eigenvalue weighted by Gasteiger charge is -2.16. The summed E-state index contributed by atoms with van der Waals surface area (Å²) in [4.78, 5) is 12.5. The zero-order valence-electron chi connectivity index (χ0n) is 13.3. The highest BCUT2D eigenvalue weighted by atomic mass is 32.2. The number of carbonyl (C=O) groups is 1. The van der Waals surface area contributed by atoms with Crippen LogP contribution < -0.4 is 9.47 Å². The van der Waals surface area contributed by atoms with Crippen LogP contribution >= 0.6 is 11.8 Å². The van der Waals surface area contributed by atoms with Crippen LogP contribution in [-0.2, 0) is 5.75 Å². The number of carbonyl (C=O) groups excluding carboxylic acids is 1. The molecule has 0 fully saturated rings. The van der Waals surface area contributed by atoms with Gasteiger partial charge in [-0.1, -0.05) is 6.07 Å². The molecule has 25 heavy (non-hydrogen) atoms. The fourth-order valence-electron chi connectivity index (χ4n) is 2.67. The van der Waals surface area contributed by atoms with Crippen molar-refractivity contribution in [3.63, 3.8) is 0 Å². The van der Waals surface area contributed by atoms with Gasteiger partial charge in [0.2, 0.25) is 6.79 Å². The van der Waals surface area contributed by atoms with Gasteiger partial charge in [-0.3, -0.25) is 4.79 Å². The topological polar surface area (TPSA) is 61.8 Å². The molecule has 3 heterocycles. The van der Waals surface area contributed by atoms with Gasteiger partial charge in [0.05, 0.1) is 18.3 Å². The maximum Gasteiger partial charge on any atom is 0.231 e. The van der Waals surface area contributed by atoms with E-state index in [-0.39, 0.29) is 17.8 Å². The Hall–Kier alpha value is -2.60. The summed E-state index contributed by atoms with van der Waals surface area (Å²) in [5, 5.41) is -0.0443. The van der Waals surface area contributed by atoms with Crippen LogP contribution in [0.4, 0.5) is 0 Å². The van der Waals surface area contributed by atoms with Crippen LogP contribution in [-0.4, -0.2) is 12.6 Å². The molecule has 128 valence electrons. The second-order valence-electron chi connectivity index (χ2n) is 5.60. The van der Waals surface area contributed by atoms with Gasteiger partial charge in [0.15, 0.2) is 23.0 Å². The molecule has 0 saturated carbocycles. The molecule has 1 aliphatic heterocycles. The molecule has 2 aromatic heterocycles. The highest BCUT2D eigenvalue weighted by molar-refractivity contribution is 7.98. The van der Waals surface area contributed by atoms with Gasteiger partial charge in [-0.2, -0.15) is 0 Å². The Labute approximate surface area is 148 Å². The lowest BCUT2D eigenvalue weighted by atomic mass is 10.1. The van der Waals surface area contributed by atoms with Crippen LogP contribution in [0.1, 0.15) is 33.5 Å². The molecule has 4 rings (SSSR count). The van der Waals surface area contributed by atoms with Crippen molar-refractivity contribution in [1.82, 2.24) is 0 Å². The first-order valence-corrected chi connectivity index (χ1v) is 8.95. The maximum atomic E-state index is 12.5. The molecule has 0 saturated heterocycles. The quantitative estimate of drug-likeness (QED) is 0.564. The molecule has 6 heteroatoms. The summed E-state index contributed by atoms with van der Waals surface area (Å²) in [6.07, 6.45) is 3.50. The van der Waals surface area contributed by atoms with Gasteiger partial charge in [0, 0.05) is 11.7 Å². The van der Waals surface area contributed by atoms with Gasteiger partial charge >= 0.3 is 0 Å². The predicted octanol–water partition coefficient (Wildman–Crippen LogP) is 4.85. The van der Waals surface area contributed by atoms with Gasteiger partial charge in [0.1, 0.15) is 5.76 Å². The molecule has 1 unspecified atom stereocenters. The normalized spacial score (nSPS) is 13.8. The van der Waals surface area contributed by atoms with E-state index in [4.69, 9.17) is 18.3 Å². The Morgan fingerprint density at radius 2 is 1.88 bits per heavy atom. The number of thioether (sulfide) groups is 1. The molecule has 1 aromatic carbocycles. The second-order valence-corrected chi connectivity index (χ2v) is 6.79. The van der Waals surface area contributed by atoms with E-state index < -0.39 is 0 Å². The van der Waals surface area contributed by atoms with E-state index in [9.17, 15) is 4.79 Å². The molecule has 0 radical (unpaired) electrons. The highest BCUT2D eigenvalue weighted by Crippen LogP contribution is 2.41. The SMILES string of the molecule is O=C(CC(SCc1ccco1)c1ccc2c(c1)OCO2)c1ccco1. The average Bonchev–Trinajstić information content (AvgIpc) is 3.40. The van der Waals surface area contributed by atoms with Crippen LogP contribution in [0.25, 0.3) is 0 Å². The minimum atomic E-state index is -0.0443. The maximum absolute atomic E-state index is 12.5. The first-order chi connectivity index (χ1) is 12.3. The summed E-state index contributed by atoms with van der Waals surface area (Å²) in [5.74, 6) is 3.35. The number of Topliss-reactive ketones (excluding diaryl/α,β-unsaturated/α-hetero) is 1. The lowest BCUT2D eigenvalue weighted by molar-refractivity contribution is 0.0955. The van der Waals surface area contributed by atoms with E-state index in [1.165, 1.54) is 6.26 Å². The largest absolute Gasteiger partial charge is 0.468 e. The lowest BCUT2D eigenvalue weighted by Crippen LogP contribution is -2.05. The third kappa shape index (κ3) is 3.58. The minimum absolute atomic E-state index is 0.0281. The number of rotatable bonds is 7. The predicted molar refractivity (Wildman–Crippen MR) is 93.0 cm³/mol. The zero-order valence-corrected chi connectivity index (χ0v) is 14.2. The van der Waals surface area contributed by atoms with E-state index in [2.05, 4.69) is 0 Å². The van der Waals surface area contributed by atoms with Crippen molar-refractivity contribution >= 4 is 17.5 Å². The average molecular weight is 356 g/mol. The van der Waals surface area contributed by atoms with Gasteiger partial charge in [-0.15, -0.1) is 11.8 Å². The van der Waals surface area contributed by atoms with E-state index in [1.54, 1.807) is 30.2 Å². The first kappa shape index (κ1) is 15.9. The van der Waals surface area contributed by atoms with E-state index >= 15 is 0 Å². The van der Waals surface area contributed by atoms with Crippen molar-refractivity contribution in [3.05, 3.63) is 72.1 Å². The van der Waals surface area contributed by atoms with Crippen LogP contribution in [0.15, 0.2) is 63.8 Å². The number of hydrogen-bond acceptors (Lipinski definition) is 6. The van der Waals surface area contributed by atoms with E-state index in [0.29, 0.717) is 23.7 Å². The molecule has 3 aromatic rings. The molecule has 0 spiro atoms. The van der Waals surface area contributed by atoms with Crippen LogP contribution in [0.5, 0.6) is 11.5 Å². The number of ether oxygens (including phenoxy) is 2. The van der Waals surface area contributed by atoms with Crippen molar-refractivity contribution < 1.29 is 23.1 Å². The van der Waals surface area contributed by atoms with Crippen LogP contribution in [0.3, 0.4) is 0 Å². The standard InChI is InChI=1S/C19H16O5S/c20-15(16-4-2-8-22-16)10-19(25-11-14-3-1-7-21-14)13-5-6-17-18(9-13)24-12-23-17/h1-9,19H,10-12H2. The van der Waals surface area contributed by atoms with Crippen molar-refractivity contribution in [2.45, 2.75) is 17.4 Å². The molecule has 1 atom stereocenters. The van der Waals surface area contributed by atoms with Gasteiger partial charge in [0.25, 0.3) is 0 Å². The fourth-order valence-corrected chi connectivity index (χ4v) is 3.81. The molecule has 1 aliphatic rings. The van der Waals surface area contributed by atoms with Crippen LogP contribution in [0.2, 0.25) is 0 Å². The summed E-state index contributed by atoms with van der Waals surface area (Å²) in [6, 6.07) is 13.0. The molecular weight excluding hydrogens is 340 g/mol. The van der Waals surface area contributed by atoms with Gasteiger partial charge in [-0.05, 0) is 42.0 Å². The third-order valence-electron chi connectivity index (χ3n) is 3.94. The number of hydrogen-bond donors (Lipinski definition) is 0. The Bertz CT molecular complexity index is 839.